The largest absolute Gasteiger partial charge is 0.496 e. The lowest BCUT2D eigenvalue weighted by Gasteiger charge is -2.29. The maximum Gasteiger partial charge on any atom is 0.330 e. The minimum atomic E-state index is -0.368. The Labute approximate surface area is 509 Å². The Morgan fingerprint density at radius 3 is 1.30 bits per heavy atom. The summed E-state index contributed by atoms with van der Waals surface area (Å²) in [5.41, 5.74) is 7.48. The van der Waals surface area contributed by atoms with Crippen molar-refractivity contribution in [2.24, 2.45) is 11.8 Å². The third-order valence-corrected chi connectivity index (χ3v) is 14.5. The van der Waals surface area contributed by atoms with Gasteiger partial charge >= 0.3 is 11.9 Å². The van der Waals surface area contributed by atoms with E-state index in [0.29, 0.717) is 37.9 Å². The Kier molecular flexibility index (Phi) is 44.4. The third-order valence-electron chi connectivity index (χ3n) is 14.5. The van der Waals surface area contributed by atoms with Gasteiger partial charge in [-0.1, -0.05) is 155 Å². The summed E-state index contributed by atoms with van der Waals surface area (Å²) in [4.78, 5) is 32.2. The van der Waals surface area contributed by atoms with Gasteiger partial charge in [-0.3, -0.25) is 4.79 Å². The Bertz CT molecular complexity index is 2380. The van der Waals surface area contributed by atoms with Crippen LogP contribution >= 0.6 is 0 Å². The molecule has 0 amide bonds. The van der Waals surface area contributed by atoms with Crippen LogP contribution in [0.4, 0.5) is 0 Å². The van der Waals surface area contributed by atoms with Crippen molar-refractivity contribution < 1.29 is 38.1 Å². The zero-order valence-electron chi connectivity index (χ0n) is 52.9. The lowest BCUT2D eigenvalue weighted by molar-refractivity contribution is -0.138. The van der Waals surface area contributed by atoms with Crippen LogP contribution in [0, 0.1) is 22.7 Å². The number of carbonyl (C=O) groups excluding carboxylic acids is 3. The summed E-state index contributed by atoms with van der Waals surface area (Å²) in [6.45, 7) is 29.5. The van der Waals surface area contributed by atoms with Crippen molar-refractivity contribution in [3.63, 3.8) is 0 Å². The molecule has 462 valence electrons. The summed E-state index contributed by atoms with van der Waals surface area (Å²) in [6, 6.07) is 27.7. The standard InChI is InChI=1S/C25H37NO3.C18H26O.C16H20O4.C9H9N.2C3H8/c1-3-9-20-10-12-21(13-11-20)22-14-15-24(23(18-22)19-26)28-16-7-5-6-8-17-29-25(27)4-2;1-4-6-14-7-9-16(10-8-14)17-11-12-18(19-3)15(5-2)13-17;1-2-16(18)20-12-6-4-3-5-11-19-15-9-7-14(13-17)8-10-15;1-2-8-3-5-9(7-10)6-4-8;2*1-3-2/h4,14-15,18-21,26H,2-3,5-13,16-17H2,1H3;5,11-14,16H,2,4,6-10H2,1,3H3;2,7-10,13H,1,3-6,11-12H2;2-7,10H,1H2;2*3H2,1-2H3. The van der Waals surface area contributed by atoms with E-state index in [-0.39, 0.29) is 11.9 Å². The van der Waals surface area contributed by atoms with E-state index in [0.717, 1.165) is 115 Å². The first-order valence-corrected chi connectivity index (χ1v) is 31.5. The van der Waals surface area contributed by atoms with Crippen LogP contribution in [0.1, 0.15) is 238 Å². The fourth-order valence-electron chi connectivity index (χ4n) is 9.94. The van der Waals surface area contributed by atoms with E-state index in [4.69, 9.17) is 34.5 Å². The number of hydrogen-bond acceptors (Lipinski definition) is 10. The van der Waals surface area contributed by atoms with Gasteiger partial charge in [0.05, 0.1) is 33.5 Å². The van der Waals surface area contributed by atoms with Gasteiger partial charge in [0, 0.05) is 41.3 Å². The number of aldehydes is 1. The summed E-state index contributed by atoms with van der Waals surface area (Å²) in [6.07, 6.45) is 35.9. The van der Waals surface area contributed by atoms with Crippen molar-refractivity contribution in [2.45, 2.75) is 195 Å². The van der Waals surface area contributed by atoms with Gasteiger partial charge in [-0.05, 0) is 197 Å². The van der Waals surface area contributed by atoms with Crippen LogP contribution in [0.3, 0.4) is 0 Å². The molecular formula is C74H108N2O8. The predicted molar refractivity (Wildman–Crippen MR) is 355 cm³/mol. The maximum absolute atomic E-state index is 11.0. The van der Waals surface area contributed by atoms with E-state index in [2.05, 4.69) is 98.2 Å². The minimum Gasteiger partial charge on any atom is -0.496 e. The van der Waals surface area contributed by atoms with Crippen molar-refractivity contribution >= 4 is 42.8 Å². The van der Waals surface area contributed by atoms with E-state index in [9.17, 15) is 14.4 Å². The molecule has 10 nitrogen and oxygen atoms in total. The molecular weight excluding hydrogens is 1040 g/mol. The van der Waals surface area contributed by atoms with Gasteiger partial charge in [0.25, 0.3) is 0 Å². The monoisotopic (exact) mass is 1150 g/mol. The molecule has 6 rings (SSSR count). The first-order valence-electron chi connectivity index (χ1n) is 31.5. The molecule has 10 heteroatoms. The number of ether oxygens (including phenoxy) is 5. The lowest BCUT2D eigenvalue weighted by atomic mass is 9.77. The van der Waals surface area contributed by atoms with Crippen molar-refractivity contribution in [3.8, 4) is 17.2 Å². The molecule has 4 aromatic carbocycles. The van der Waals surface area contributed by atoms with Crippen LogP contribution in [-0.4, -0.2) is 64.2 Å². The van der Waals surface area contributed by atoms with Crippen molar-refractivity contribution in [3.05, 3.63) is 162 Å². The first kappa shape index (κ1) is 75.2. The average molecular weight is 1150 g/mol. The molecule has 2 aliphatic carbocycles. The third kappa shape index (κ3) is 33.5. The molecule has 0 radical (unpaired) electrons. The summed E-state index contributed by atoms with van der Waals surface area (Å²) in [5.74, 6) is 5.03. The number of nitrogens with one attached hydrogen (secondary N) is 2. The normalized spacial score (nSPS) is 15.5. The molecule has 2 fully saturated rings. The van der Waals surface area contributed by atoms with Gasteiger partial charge in [0.15, 0.2) is 0 Å². The quantitative estimate of drug-likeness (QED) is 0.0173. The van der Waals surface area contributed by atoms with Crippen LogP contribution < -0.4 is 14.2 Å². The van der Waals surface area contributed by atoms with Gasteiger partial charge in [-0.15, -0.1) is 0 Å². The maximum atomic E-state index is 11.0. The molecule has 4 aromatic rings. The highest BCUT2D eigenvalue weighted by molar-refractivity contribution is 5.82. The molecule has 2 aliphatic rings. The average Bonchev–Trinajstić information content (AvgIpc) is 3.64. The highest BCUT2D eigenvalue weighted by atomic mass is 16.5. The van der Waals surface area contributed by atoms with E-state index < -0.39 is 0 Å². The van der Waals surface area contributed by atoms with E-state index in [1.807, 2.05) is 36.4 Å². The molecule has 2 saturated carbocycles. The van der Waals surface area contributed by atoms with Crippen molar-refractivity contribution in [1.82, 2.24) is 0 Å². The van der Waals surface area contributed by atoms with Gasteiger partial charge in [0.2, 0.25) is 0 Å². The number of esters is 2. The fourth-order valence-corrected chi connectivity index (χ4v) is 9.94. The molecule has 0 bridgehead atoms. The summed E-state index contributed by atoms with van der Waals surface area (Å²) >= 11 is 0. The molecule has 0 aliphatic heterocycles. The van der Waals surface area contributed by atoms with E-state index >= 15 is 0 Å². The Hall–Kier alpha value is -6.81. The smallest absolute Gasteiger partial charge is 0.330 e. The van der Waals surface area contributed by atoms with Gasteiger partial charge in [0.1, 0.15) is 23.5 Å². The number of carbonyl (C=O) groups is 3. The molecule has 0 aromatic heterocycles. The van der Waals surface area contributed by atoms with Crippen LogP contribution in [0.2, 0.25) is 0 Å². The zero-order chi connectivity index (χ0) is 62.0. The number of hydrogen-bond donors (Lipinski definition) is 2. The second kappa shape index (κ2) is 49.6. The Morgan fingerprint density at radius 1 is 0.488 bits per heavy atom. The summed E-state index contributed by atoms with van der Waals surface area (Å²) < 4.78 is 26.7. The van der Waals surface area contributed by atoms with Crippen LogP contribution in [0.5, 0.6) is 17.2 Å². The summed E-state index contributed by atoms with van der Waals surface area (Å²) in [7, 11) is 1.72. The predicted octanol–water partition coefficient (Wildman–Crippen LogP) is 20.2. The SMILES string of the molecule is C=CC(=O)OCCCCCCOc1ccc(C2CCC(CCC)CC2)cc1C=N.C=CC(=O)OCCCCCCOc1ccc(C=O)cc1.C=Cc1cc(C2CCC(CCC)CC2)ccc1OC.C=Cc1ccc(C=N)cc1.CCC.CCC. The minimum absolute atomic E-state index is 0.357. The molecule has 84 heavy (non-hydrogen) atoms. The molecule has 2 N–H and O–H groups in total. The Balaban J connectivity index is 0.000000567. The van der Waals surface area contributed by atoms with Crippen molar-refractivity contribution in [2.75, 3.05) is 33.5 Å². The number of methoxy groups -OCH3 is 1. The van der Waals surface area contributed by atoms with Gasteiger partial charge < -0.3 is 34.5 Å². The number of benzene rings is 4. The summed E-state index contributed by atoms with van der Waals surface area (Å²) in [5, 5.41) is 14.7. The number of rotatable bonds is 30. The highest BCUT2D eigenvalue weighted by Gasteiger charge is 2.24. The zero-order valence-corrected chi connectivity index (χ0v) is 52.9. The van der Waals surface area contributed by atoms with E-state index in [1.165, 1.54) is 126 Å². The Morgan fingerprint density at radius 2 is 0.905 bits per heavy atom. The fraction of sp³-hybridized carbons (Fsp3) is 0.500. The second-order valence-electron chi connectivity index (χ2n) is 21.5. The molecule has 0 heterocycles. The highest BCUT2D eigenvalue weighted by Crippen LogP contribution is 2.40. The first-order chi connectivity index (χ1) is 40.9. The van der Waals surface area contributed by atoms with Crippen molar-refractivity contribution in [1.29, 1.82) is 10.8 Å². The van der Waals surface area contributed by atoms with Crippen LogP contribution in [0.25, 0.3) is 12.2 Å². The van der Waals surface area contributed by atoms with Crippen LogP contribution in [-0.2, 0) is 19.1 Å². The topological polar surface area (TPSA) is 145 Å². The molecule has 0 atom stereocenters. The second-order valence-corrected chi connectivity index (χ2v) is 21.5. The molecule has 0 spiro atoms. The lowest BCUT2D eigenvalue weighted by Crippen LogP contribution is -2.13. The number of unbranched alkanes of at least 4 members (excludes halogenated alkanes) is 6. The van der Waals surface area contributed by atoms with Gasteiger partial charge in [-0.2, -0.15) is 0 Å². The molecule has 0 unspecified atom stereocenters. The van der Waals surface area contributed by atoms with E-state index in [1.54, 1.807) is 37.5 Å². The van der Waals surface area contributed by atoms with Gasteiger partial charge in [-0.25, -0.2) is 9.59 Å². The molecule has 0 saturated heterocycles. The van der Waals surface area contributed by atoms with Crippen LogP contribution in [0.15, 0.2) is 123 Å².